The number of hydrogen-bond acceptors (Lipinski definition) is 9. The van der Waals surface area contributed by atoms with Crippen molar-refractivity contribution < 1.29 is 37.1 Å². The molecule has 0 radical (unpaired) electrons. The van der Waals surface area contributed by atoms with E-state index in [1.165, 1.54) is 48.1 Å². The molecule has 334 valence electrons. The highest BCUT2D eigenvalue weighted by atomic mass is 35.5. The molecule has 3 aromatic heterocycles. The number of carbonyl (C=O) groups excluding carboxylic acids is 4. The summed E-state index contributed by atoms with van der Waals surface area (Å²) in [7, 11) is 1.40. The van der Waals surface area contributed by atoms with Crippen LogP contribution in [0.4, 0.5) is 29.3 Å². The molecule has 19 heteroatoms. The molecule has 3 aromatic carbocycles. The Morgan fingerprint density at radius 2 is 1.48 bits per heavy atom. The molecule has 0 bridgehead atoms. The first kappa shape index (κ1) is 43.1. The summed E-state index contributed by atoms with van der Waals surface area (Å²) < 4.78 is 50.4. The summed E-state index contributed by atoms with van der Waals surface area (Å²) in [5.41, 5.74) is 9.46. The van der Waals surface area contributed by atoms with Gasteiger partial charge in [0.25, 0.3) is 11.8 Å². The van der Waals surface area contributed by atoms with E-state index >= 15 is 0 Å². The van der Waals surface area contributed by atoms with Crippen LogP contribution >= 0.6 is 11.6 Å². The summed E-state index contributed by atoms with van der Waals surface area (Å²) in [6.07, 6.45) is -0.620. The smallest absolute Gasteiger partial charge is 0.435 e. The number of piperazine rings is 1. The van der Waals surface area contributed by atoms with E-state index in [4.69, 9.17) is 22.1 Å². The molecule has 3 aliphatic rings. The Hall–Kier alpha value is -7.21. The number of piperidine rings is 1. The molecule has 2 aliphatic heterocycles. The molecule has 6 aromatic rings. The van der Waals surface area contributed by atoms with E-state index in [0.717, 1.165) is 39.3 Å². The Labute approximate surface area is 375 Å². The lowest BCUT2D eigenvalue weighted by molar-refractivity contribution is -0.141. The second kappa shape index (κ2) is 17.4. The minimum Gasteiger partial charge on any atom is -0.448 e. The number of carbonyl (C=O) groups is 4. The van der Waals surface area contributed by atoms with Gasteiger partial charge in [0.05, 0.1) is 39.9 Å². The number of nitrogen functional groups attached to an aromatic ring is 1. The number of fused-ring (bicyclic) bond motifs is 3. The normalized spacial score (nSPS) is 15.4. The van der Waals surface area contributed by atoms with Gasteiger partial charge in [-0.2, -0.15) is 18.3 Å². The standard InChI is InChI=1S/C46H42ClF3N10O5/c1-56-38(35-25-60(55-40(35)46(48,49)50)39-13-10-28(51)23-52-39)24-53-41(56)42(61)54-29-11-12-34(37(47)22-29)44(63)58-20-18-57(19-21-58)43(62)27-14-16-59(17-15-27)45(64)65-26-36-32-8-4-2-6-30(32)31-7-3-5-9-33(31)36/h2-13,22-25,27,36H,14-21,26,51H2,1H3,(H,54,61). The van der Waals surface area contributed by atoms with Gasteiger partial charge in [0, 0.05) is 70.0 Å². The summed E-state index contributed by atoms with van der Waals surface area (Å²) in [5, 5.41) is 6.42. The zero-order chi connectivity index (χ0) is 45.6. The SMILES string of the molecule is Cn1c(-c2cn(-c3ccc(N)cn3)nc2C(F)(F)F)cnc1C(=O)Nc1ccc(C(=O)N2CCN(C(=O)C3CCN(C(=O)OCC4c5ccccc5-c5ccccc54)CC3)CC2)c(Cl)c1. The van der Waals surface area contributed by atoms with Crippen LogP contribution < -0.4 is 11.1 Å². The van der Waals surface area contributed by atoms with Crippen molar-refractivity contribution in [3.63, 3.8) is 0 Å². The second-order valence-electron chi connectivity index (χ2n) is 16.1. The number of nitrogens with one attached hydrogen (secondary N) is 1. The Balaban J connectivity index is 0.761. The van der Waals surface area contributed by atoms with Gasteiger partial charge in [0.1, 0.15) is 6.61 Å². The van der Waals surface area contributed by atoms with E-state index in [1.807, 2.05) is 24.3 Å². The van der Waals surface area contributed by atoms with Gasteiger partial charge in [-0.3, -0.25) is 14.4 Å². The zero-order valence-corrected chi connectivity index (χ0v) is 35.7. The molecular weight excluding hydrogens is 865 g/mol. The van der Waals surface area contributed by atoms with Crippen LogP contribution in [0.1, 0.15) is 56.6 Å². The van der Waals surface area contributed by atoms with E-state index in [1.54, 1.807) is 14.7 Å². The lowest BCUT2D eigenvalue weighted by Crippen LogP contribution is -2.53. The lowest BCUT2D eigenvalue weighted by Gasteiger charge is -2.38. The first-order chi connectivity index (χ1) is 31.2. The molecule has 0 unspecified atom stereocenters. The quantitative estimate of drug-likeness (QED) is 0.161. The minimum atomic E-state index is -4.83. The molecule has 15 nitrogen and oxygen atoms in total. The maximum Gasteiger partial charge on any atom is 0.435 e. The Morgan fingerprint density at radius 1 is 0.815 bits per heavy atom. The molecule has 0 spiro atoms. The Kier molecular flexibility index (Phi) is 11.5. The van der Waals surface area contributed by atoms with Crippen LogP contribution in [0.2, 0.25) is 5.02 Å². The highest BCUT2D eigenvalue weighted by Crippen LogP contribution is 2.45. The first-order valence-corrected chi connectivity index (χ1v) is 21.3. The predicted octanol–water partition coefficient (Wildman–Crippen LogP) is 7.12. The number of pyridine rings is 1. The fraction of sp³-hybridized carbons (Fsp3) is 0.283. The highest BCUT2D eigenvalue weighted by molar-refractivity contribution is 6.34. The van der Waals surface area contributed by atoms with Gasteiger partial charge in [-0.1, -0.05) is 60.1 Å². The van der Waals surface area contributed by atoms with Gasteiger partial charge in [0.15, 0.2) is 17.3 Å². The number of benzene rings is 3. The van der Waals surface area contributed by atoms with Gasteiger partial charge in [-0.05, 0) is 65.4 Å². The van der Waals surface area contributed by atoms with Gasteiger partial charge in [-0.15, -0.1) is 0 Å². The third kappa shape index (κ3) is 8.48. The average Bonchev–Trinajstić information content (AvgIpc) is 4.02. The third-order valence-electron chi connectivity index (χ3n) is 12.2. The molecule has 2 fully saturated rings. The summed E-state index contributed by atoms with van der Waals surface area (Å²) in [5.74, 6) is -1.48. The van der Waals surface area contributed by atoms with Crippen molar-refractivity contribution in [1.82, 2.24) is 39.0 Å². The summed E-state index contributed by atoms with van der Waals surface area (Å²) in [4.78, 5) is 66.9. The number of nitrogens with zero attached hydrogens (tertiary/aromatic N) is 8. The number of alkyl halides is 3. The maximum atomic E-state index is 14.1. The van der Waals surface area contributed by atoms with Crippen LogP contribution in [0.3, 0.4) is 0 Å². The molecule has 3 N–H and O–H groups in total. The van der Waals surface area contributed by atoms with Crippen molar-refractivity contribution in [2.24, 2.45) is 13.0 Å². The van der Waals surface area contributed by atoms with Crippen molar-refractivity contribution in [2.75, 3.05) is 56.9 Å². The van der Waals surface area contributed by atoms with Gasteiger partial charge in [0.2, 0.25) is 5.91 Å². The molecule has 9 rings (SSSR count). The number of aromatic nitrogens is 5. The second-order valence-corrected chi connectivity index (χ2v) is 16.5. The molecule has 0 atom stereocenters. The Morgan fingerprint density at radius 3 is 2.11 bits per heavy atom. The van der Waals surface area contributed by atoms with E-state index in [2.05, 4.69) is 44.6 Å². The number of rotatable bonds is 8. The number of hydrogen-bond donors (Lipinski definition) is 2. The van der Waals surface area contributed by atoms with Crippen molar-refractivity contribution >= 4 is 46.8 Å². The monoisotopic (exact) mass is 906 g/mol. The third-order valence-corrected chi connectivity index (χ3v) is 12.5. The van der Waals surface area contributed by atoms with Gasteiger partial charge >= 0.3 is 12.3 Å². The van der Waals surface area contributed by atoms with Crippen molar-refractivity contribution in [3.05, 3.63) is 131 Å². The average molecular weight is 907 g/mol. The first-order valence-electron chi connectivity index (χ1n) is 20.9. The summed E-state index contributed by atoms with van der Waals surface area (Å²) in [6, 6.07) is 23.6. The van der Waals surface area contributed by atoms with Gasteiger partial charge < -0.3 is 35.1 Å². The van der Waals surface area contributed by atoms with Crippen LogP contribution in [0.15, 0.2) is 97.5 Å². The van der Waals surface area contributed by atoms with Crippen LogP contribution in [0.5, 0.6) is 0 Å². The zero-order valence-electron chi connectivity index (χ0n) is 35.0. The highest BCUT2D eigenvalue weighted by Gasteiger charge is 2.39. The van der Waals surface area contributed by atoms with E-state index in [0.29, 0.717) is 44.7 Å². The van der Waals surface area contributed by atoms with Crippen molar-refractivity contribution in [3.8, 4) is 28.2 Å². The molecule has 65 heavy (non-hydrogen) atoms. The minimum absolute atomic E-state index is 0.00595. The Bertz CT molecular complexity index is 2770. The lowest BCUT2D eigenvalue weighted by atomic mass is 9.95. The molecule has 0 saturated carbocycles. The van der Waals surface area contributed by atoms with Crippen molar-refractivity contribution in [1.29, 1.82) is 0 Å². The topological polar surface area (TPSA) is 174 Å². The molecule has 5 heterocycles. The van der Waals surface area contributed by atoms with Gasteiger partial charge in [-0.25, -0.2) is 19.4 Å². The maximum absolute atomic E-state index is 14.1. The number of nitrogens with two attached hydrogens (primary N) is 1. The van der Waals surface area contributed by atoms with E-state index in [9.17, 15) is 32.3 Å². The van der Waals surface area contributed by atoms with Crippen LogP contribution in [-0.2, 0) is 22.8 Å². The number of halogens is 4. The number of amides is 4. The van der Waals surface area contributed by atoms with Crippen molar-refractivity contribution in [2.45, 2.75) is 24.9 Å². The number of imidazole rings is 1. The van der Waals surface area contributed by atoms with Crippen LogP contribution in [-0.4, -0.2) is 109 Å². The fourth-order valence-corrected chi connectivity index (χ4v) is 9.06. The molecular formula is C46H42ClF3N10O5. The van der Waals surface area contributed by atoms with Crippen LogP contribution in [0, 0.1) is 5.92 Å². The summed E-state index contributed by atoms with van der Waals surface area (Å²) in [6.45, 7) is 2.27. The van der Waals surface area contributed by atoms with E-state index < -0.39 is 17.8 Å². The molecule has 2 saturated heterocycles. The number of anilines is 2. The largest absolute Gasteiger partial charge is 0.448 e. The summed E-state index contributed by atoms with van der Waals surface area (Å²) >= 11 is 6.57. The predicted molar refractivity (Wildman–Crippen MR) is 234 cm³/mol. The number of ether oxygens (including phenoxy) is 1. The molecule has 1 aliphatic carbocycles. The fourth-order valence-electron chi connectivity index (χ4n) is 8.80. The molecule has 4 amide bonds. The van der Waals surface area contributed by atoms with E-state index in [-0.39, 0.29) is 88.6 Å². The van der Waals surface area contributed by atoms with Crippen LogP contribution in [0.25, 0.3) is 28.2 Å². The number of likely N-dealkylation sites (tertiary alicyclic amines) is 1.